The van der Waals surface area contributed by atoms with Gasteiger partial charge in [0.05, 0.1) is 6.61 Å². The van der Waals surface area contributed by atoms with Gasteiger partial charge in [-0.2, -0.15) is 0 Å². The molecule has 1 aromatic heterocycles. The minimum absolute atomic E-state index is 0.545. The first-order chi connectivity index (χ1) is 16.6. The summed E-state index contributed by atoms with van der Waals surface area (Å²) in [6.07, 6.45) is 22.3. The van der Waals surface area contributed by atoms with E-state index in [-0.39, 0.29) is 0 Å². The molecule has 1 aromatic carbocycles. The Bertz CT molecular complexity index is 877. The zero-order valence-corrected chi connectivity index (χ0v) is 21.8. The van der Waals surface area contributed by atoms with Crippen LogP contribution in [0.15, 0.2) is 72.1 Å². The average Bonchev–Trinajstić information content (AvgIpc) is 2.86. The Balaban J connectivity index is 1.50. The first kappa shape index (κ1) is 26.3. The van der Waals surface area contributed by atoms with Crippen molar-refractivity contribution < 1.29 is 4.74 Å². The van der Waals surface area contributed by atoms with Gasteiger partial charge in [0.2, 0.25) is 0 Å². The third-order valence-corrected chi connectivity index (χ3v) is 7.08. The average molecular weight is 460 g/mol. The lowest BCUT2D eigenvalue weighted by Gasteiger charge is -2.22. The van der Waals surface area contributed by atoms with Crippen molar-refractivity contribution >= 4 is 0 Å². The first-order valence-corrected chi connectivity index (χ1v) is 13.6. The van der Waals surface area contributed by atoms with Crippen LogP contribution in [-0.2, 0) is 6.42 Å². The summed E-state index contributed by atoms with van der Waals surface area (Å²) in [6, 6.07) is 13.2. The molecule has 0 bridgehead atoms. The maximum absolute atomic E-state index is 6.21. The molecule has 0 amide bonds. The van der Waals surface area contributed by atoms with Gasteiger partial charge < -0.3 is 4.74 Å². The molecule has 34 heavy (non-hydrogen) atoms. The Morgan fingerprint density at radius 2 is 1.97 bits per heavy atom. The first-order valence-electron chi connectivity index (χ1n) is 13.6. The fraction of sp³-hybridized carbons (Fsp3) is 0.531. The molecule has 2 heteroatoms. The third-order valence-electron chi connectivity index (χ3n) is 7.08. The Morgan fingerprint density at radius 1 is 1.12 bits per heavy atom. The molecule has 0 radical (unpaired) electrons. The molecule has 0 fully saturated rings. The number of pyridine rings is 1. The van der Waals surface area contributed by atoms with Crippen molar-refractivity contribution in [3.8, 4) is 5.75 Å². The molecule has 3 rings (SSSR count). The van der Waals surface area contributed by atoms with E-state index in [1.807, 2.05) is 18.5 Å². The quantitative estimate of drug-likeness (QED) is 0.207. The van der Waals surface area contributed by atoms with Crippen molar-refractivity contribution in [2.24, 2.45) is 5.92 Å². The highest BCUT2D eigenvalue weighted by Crippen LogP contribution is 2.30. The summed E-state index contributed by atoms with van der Waals surface area (Å²) in [5.74, 6) is 2.19. The van der Waals surface area contributed by atoms with Gasteiger partial charge in [-0.25, -0.2) is 0 Å². The van der Waals surface area contributed by atoms with Gasteiger partial charge in [-0.15, -0.1) is 0 Å². The minimum Gasteiger partial charge on any atom is -0.493 e. The van der Waals surface area contributed by atoms with Crippen LogP contribution in [-0.4, -0.2) is 11.6 Å². The van der Waals surface area contributed by atoms with Crippen LogP contribution in [0.4, 0.5) is 0 Å². The molecule has 2 aromatic rings. The lowest BCUT2D eigenvalue weighted by molar-refractivity contribution is 0.236. The summed E-state index contributed by atoms with van der Waals surface area (Å²) < 4.78 is 6.21. The summed E-state index contributed by atoms with van der Waals surface area (Å²) in [5.41, 5.74) is 5.81. The largest absolute Gasteiger partial charge is 0.493 e. The molecule has 2 atom stereocenters. The van der Waals surface area contributed by atoms with E-state index in [1.54, 1.807) is 5.57 Å². The molecule has 0 saturated heterocycles. The Morgan fingerprint density at radius 3 is 2.65 bits per heavy atom. The summed E-state index contributed by atoms with van der Waals surface area (Å²) in [6.45, 7) is 7.47. The van der Waals surface area contributed by atoms with Crippen LogP contribution < -0.4 is 4.74 Å². The molecule has 2 nitrogen and oxygen atoms in total. The van der Waals surface area contributed by atoms with E-state index in [1.165, 1.54) is 74.5 Å². The van der Waals surface area contributed by atoms with Crippen LogP contribution in [0.25, 0.3) is 0 Å². The number of unbranched alkanes of at least 4 members (excludes halogenated alkanes) is 3. The highest BCUT2D eigenvalue weighted by molar-refractivity contribution is 5.30. The summed E-state index contributed by atoms with van der Waals surface area (Å²) in [7, 11) is 0. The van der Waals surface area contributed by atoms with Crippen LogP contribution >= 0.6 is 0 Å². The Kier molecular flexibility index (Phi) is 11.4. The number of allylic oxidation sites excluding steroid dienone is 4. The monoisotopic (exact) mass is 459 g/mol. The van der Waals surface area contributed by atoms with E-state index in [2.05, 4.69) is 68.2 Å². The Hall–Kier alpha value is -2.35. The highest BCUT2D eigenvalue weighted by Gasteiger charge is 2.16. The van der Waals surface area contributed by atoms with Crippen LogP contribution in [0.5, 0.6) is 5.75 Å². The summed E-state index contributed by atoms with van der Waals surface area (Å²) in [5, 5.41) is 0. The number of benzene rings is 1. The summed E-state index contributed by atoms with van der Waals surface area (Å²) in [4.78, 5) is 4.32. The van der Waals surface area contributed by atoms with Crippen LogP contribution in [0.1, 0.15) is 102 Å². The van der Waals surface area contributed by atoms with E-state index in [4.69, 9.17) is 4.74 Å². The molecular weight excluding hydrogens is 414 g/mol. The topological polar surface area (TPSA) is 22.1 Å². The molecular formula is C32H45NO. The van der Waals surface area contributed by atoms with Gasteiger partial charge in [0, 0.05) is 12.4 Å². The molecule has 2 unspecified atom stereocenters. The second-order valence-corrected chi connectivity index (χ2v) is 10.3. The van der Waals surface area contributed by atoms with E-state index >= 15 is 0 Å². The minimum atomic E-state index is 0.545. The maximum atomic E-state index is 6.21. The fourth-order valence-electron chi connectivity index (χ4n) is 4.93. The Labute approximate surface area is 208 Å². The SMILES string of the molecule is CCCCCCC(Cc1cccnc1)c1ccc(OCC2CC=C(CCC=C(C)C)CC2)cc1. The maximum Gasteiger partial charge on any atom is 0.119 e. The van der Waals surface area contributed by atoms with Gasteiger partial charge >= 0.3 is 0 Å². The van der Waals surface area contributed by atoms with Gasteiger partial charge in [0.15, 0.2) is 0 Å². The molecule has 0 N–H and O–H groups in total. The molecule has 1 aliphatic rings. The lowest BCUT2D eigenvalue weighted by atomic mass is 9.87. The summed E-state index contributed by atoms with van der Waals surface area (Å²) >= 11 is 0. The van der Waals surface area contributed by atoms with Crippen LogP contribution in [0, 0.1) is 5.92 Å². The predicted octanol–water partition coefficient (Wildman–Crippen LogP) is 9.23. The van der Waals surface area contributed by atoms with Crippen molar-refractivity contribution in [1.82, 2.24) is 4.98 Å². The predicted molar refractivity (Wildman–Crippen MR) is 145 cm³/mol. The second-order valence-electron chi connectivity index (χ2n) is 10.3. The van der Waals surface area contributed by atoms with E-state index < -0.39 is 0 Å². The number of rotatable bonds is 14. The molecule has 0 aliphatic heterocycles. The van der Waals surface area contributed by atoms with E-state index in [0.29, 0.717) is 11.8 Å². The van der Waals surface area contributed by atoms with Crippen molar-refractivity contribution in [3.63, 3.8) is 0 Å². The smallest absolute Gasteiger partial charge is 0.119 e. The number of hydrogen-bond acceptors (Lipinski definition) is 2. The van der Waals surface area contributed by atoms with Gasteiger partial charge in [-0.05, 0) is 100.0 Å². The zero-order valence-electron chi connectivity index (χ0n) is 21.8. The van der Waals surface area contributed by atoms with Gasteiger partial charge in [-0.1, -0.05) is 74.1 Å². The van der Waals surface area contributed by atoms with Gasteiger partial charge in [0.1, 0.15) is 5.75 Å². The van der Waals surface area contributed by atoms with E-state index in [0.717, 1.165) is 25.2 Å². The second kappa shape index (κ2) is 14.8. The van der Waals surface area contributed by atoms with E-state index in [9.17, 15) is 0 Å². The number of hydrogen-bond donors (Lipinski definition) is 0. The highest BCUT2D eigenvalue weighted by atomic mass is 16.5. The molecule has 0 saturated carbocycles. The van der Waals surface area contributed by atoms with Crippen molar-refractivity contribution in [3.05, 3.63) is 83.2 Å². The normalized spacial score (nSPS) is 16.6. The van der Waals surface area contributed by atoms with Crippen molar-refractivity contribution in [2.45, 2.75) is 97.3 Å². The number of nitrogens with zero attached hydrogens (tertiary/aromatic N) is 1. The van der Waals surface area contributed by atoms with Gasteiger partial charge in [-0.3, -0.25) is 4.98 Å². The fourth-order valence-corrected chi connectivity index (χ4v) is 4.93. The third kappa shape index (κ3) is 9.49. The number of ether oxygens (including phenoxy) is 1. The molecule has 184 valence electrons. The molecule has 0 spiro atoms. The van der Waals surface area contributed by atoms with Gasteiger partial charge in [0.25, 0.3) is 0 Å². The molecule has 1 aliphatic carbocycles. The van der Waals surface area contributed by atoms with Crippen molar-refractivity contribution in [2.75, 3.05) is 6.61 Å². The standard InChI is InChI=1S/C32H45NO/c1-4-5-6-7-13-31(23-29-12-9-22-33-24-29)30-18-20-32(21-19-30)34-25-28-16-14-27(15-17-28)11-8-10-26(2)3/h9-10,12,14,18-22,24,28,31H,4-8,11,13,15-17,23,25H2,1-3H3. The van der Waals surface area contributed by atoms with Crippen LogP contribution in [0.3, 0.4) is 0 Å². The van der Waals surface area contributed by atoms with Crippen LogP contribution in [0.2, 0.25) is 0 Å². The molecule has 1 heterocycles. The zero-order chi connectivity index (χ0) is 24.0. The lowest BCUT2D eigenvalue weighted by Crippen LogP contribution is -2.15. The number of aromatic nitrogens is 1. The van der Waals surface area contributed by atoms with Crippen molar-refractivity contribution in [1.29, 1.82) is 0 Å².